The molecule has 1 atom stereocenters. The number of aryl methyl sites for hydroxylation is 1. The predicted octanol–water partition coefficient (Wildman–Crippen LogP) is 1.43. The van der Waals surface area contributed by atoms with E-state index < -0.39 is 0 Å². The summed E-state index contributed by atoms with van der Waals surface area (Å²) in [4.78, 5) is 20.2. The Hall–Kier alpha value is -1.99. The summed E-state index contributed by atoms with van der Waals surface area (Å²) in [7, 11) is 1.61. The molecule has 0 saturated carbocycles. The number of carbonyl (C=O) groups excluding carboxylic acids is 1. The molecule has 110 valence electrons. The van der Waals surface area contributed by atoms with Gasteiger partial charge < -0.3 is 10.1 Å². The van der Waals surface area contributed by atoms with Gasteiger partial charge in [-0.3, -0.25) is 0 Å². The molecule has 3 heterocycles. The van der Waals surface area contributed by atoms with Crippen LogP contribution in [0.2, 0.25) is 5.28 Å². The van der Waals surface area contributed by atoms with Crippen LogP contribution in [0.25, 0.3) is 11.4 Å². The minimum absolute atomic E-state index is 0.0466. The van der Waals surface area contributed by atoms with Crippen molar-refractivity contribution in [3.8, 4) is 11.4 Å². The van der Waals surface area contributed by atoms with Gasteiger partial charge in [-0.15, -0.1) is 0 Å². The number of aromatic nitrogens is 4. The summed E-state index contributed by atoms with van der Waals surface area (Å²) in [5.74, 6) is 0. The van der Waals surface area contributed by atoms with Crippen molar-refractivity contribution in [2.45, 2.75) is 19.4 Å². The van der Waals surface area contributed by atoms with E-state index in [-0.39, 0.29) is 17.4 Å². The summed E-state index contributed by atoms with van der Waals surface area (Å²) in [6.07, 6.45) is 2.29. The van der Waals surface area contributed by atoms with Crippen molar-refractivity contribution in [3.63, 3.8) is 0 Å². The van der Waals surface area contributed by atoms with E-state index in [1.54, 1.807) is 13.3 Å². The molecule has 0 saturated heterocycles. The van der Waals surface area contributed by atoms with Crippen molar-refractivity contribution in [3.05, 3.63) is 28.8 Å². The average Bonchev–Trinajstić information content (AvgIpc) is 2.86. The minimum Gasteiger partial charge on any atom is -0.383 e. The fourth-order valence-electron chi connectivity index (χ4n) is 2.38. The number of nitrogens with one attached hydrogen (secondary N) is 1. The van der Waals surface area contributed by atoms with Gasteiger partial charge in [0.05, 0.1) is 24.0 Å². The van der Waals surface area contributed by atoms with Crippen LogP contribution < -0.4 is 5.32 Å². The van der Waals surface area contributed by atoms with Gasteiger partial charge in [-0.05, 0) is 30.2 Å². The lowest BCUT2D eigenvalue weighted by Crippen LogP contribution is -2.47. The lowest BCUT2D eigenvalue weighted by Gasteiger charge is -2.23. The van der Waals surface area contributed by atoms with E-state index in [0.29, 0.717) is 24.4 Å². The third-order valence-electron chi connectivity index (χ3n) is 3.31. The number of hydrogen-bond acceptors (Lipinski definition) is 5. The van der Waals surface area contributed by atoms with Gasteiger partial charge in [0.2, 0.25) is 5.28 Å². The first-order valence-electron chi connectivity index (χ1n) is 6.46. The molecule has 0 fully saturated rings. The molecule has 7 nitrogen and oxygen atoms in total. The topological polar surface area (TPSA) is 81.9 Å². The molecule has 3 rings (SSSR count). The molecule has 0 bridgehead atoms. The average molecular weight is 308 g/mol. The Morgan fingerprint density at radius 3 is 3.14 bits per heavy atom. The summed E-state index contributed by atoms with van der Waals surface area (Å²) in [6, 6.07) is 1.55. The number of hydrogen-bond donors (Lipinski definition) is 1. The Balaban J connectivity index is 1.99. The molecule has 8 heteroatoms. The van der Waals surface area contributed by atoms with E-state index >= 15 is 0 Å². The zero-order valence-electron chi connectivity index (χ0n) is 11.6. The van der Waals surface area contributed by atoms with Gasteiger partial charge in [-0.25, -0.2) is 14.8 Å². The largest absolute Gasteiger partial charge is 0.383 e. The Morgan fingerprint density at radius 2 is 2.38 bits per heavy atom. The van der Waals surface area contributed by atoms with E-state index in [0.717, 1.165) is 11.3 Å². The first-order chi connectivity index (χ1) is 10.1. The summed E-state index contributed by atoms with van der Waals surface area (Å²) in [5, 5.41) is 7.31. The summed E-state index contributed by atoms with van der Waals surface area (Å²) < 4.78 is 6.45. The predicted molar refractivity (Wildman–Crippen MR) is 76.3 cm³/mol. The molecule has 1 aliphatic rings. The molecular formula is C13H14ClN5O2. The van der Waals surface area contributed by atoms with Gasteiger partial charge in [0, 0.05) is 19.7 Å². The van der Waals surface area contributed by atoms with Gasteiger partial charge in [-0.2, -0.15) is 9.78 Å². The highest BCUT2D eigenvalue weighted by Gasteiger charge is 2.26. The highest BCUT2D eigenvalue weighted by Crippen LogP contribution is 2.23. The molecule has 21 heavy (non-hydrogen) atoms. The third kappa shape index (κ3) is 2.62. The second-order valence-electron chi connectivity index (χ2n) is 4.91. The van der Waals surface area contributed by atoms with E-state index in [9.17, 15) is 4.79 Å². The van der Waals surface area contributed by atoms with E-state index in [2.05, 4.69) is 20.4 Å². The number of rotatable bonds is 3. The van der Waals surface area contributed by atoms with Crippen molar-refractivity contribution in [1.82, 2.24) is 25.1 Å². The van der Waals surface area contributed by atoms with Crippen LogP contribution in [0.15, 0.2) is 12.3 Å². The van der Waals surface area contributed by atoms with Crippen molar-refractivity contribution in [2.24, 2.45) is 0 Å². The van der Waals surface area contributed by atoms with Crippen LogP contribution in [0, 0.1) is 6.92 Å². The van der Waals surface area contributed by atoms with Crippen molar-refractivity contribution in [2.75, 3.05) is 13.7 Å². The molecule has 1 aliphatic heterocycles. The van der Waals surface area contributed by atoms with Crippen LogP contribution in [0.4, 0.5) is 4.79 Å². The Morgan fingerprint density at radius 1 is 1.57 bits per heavy atom. The minimum atomic E-state index is -0.262. The molecule has 2 aromatic heterocycles. The number of nitrogens with zero attached hydrogens (tertiary/aromatic N) is 4. The molecule has 0 aliphatic carbocycles. The van der Waals surface area contributed by atoms with Gasteiger partial charge >= 0.3 is 6.03 Å². The van der Waals surface area contributed by atoms with E-state index in [1.165, 1.54) is 4.68 Å². The van der Waals surface area contributed by atoms with Gasteiger partial charge in [0.15, 0.2) is 0 Å². The zero-order chi connectivity index (χ0) is 15.0. The Labute approximate surface area is 126 Å². The van der Waals surface area contributed by atoms with Gasteiger partial charge in [0.1, 0.15) is 5.69 Å². The van der Waals surface area contributed by atoms with Crippen LogP contribution >= 0.6 is 11.6 Å². The first-order valence-corrected chi connectivity index (χ1v) is 6.84. The fourth-order valence-corrected chi connectivity index (χ4v) is 2.51. The fraction of sp³-hybridized carbons (Fsp3) is 0.385. The van der Waals surface area contributed by atoms with Crippen LogP contribution in [0.3, 0.4) is 0 Å². The quantitative estimate of drug-likeness (QED) is 0.868. The SMILES string of the molecule is COCC1Cc2cc(-c3nc(Cl)ncc3C)nn2C(=O)N1. The number of methoxy groups -OCH3 is 1. The van der Waals surface area contributed by atoms with Crippen LogP contribution in [-0.4, -0.2) is 45.5 Å². The first kappa shape index (κ1) is 14.0. The Kier molecular flexibility index (Phi) is 3.60. The summed E-state index contributed by atoms with van der Waals surface area (Å²) in [5.41, 5.74) is 2.92. The lowest BCUT2D eigenvalue weighted by atomic mass is 10.1. The standard InChI is InChI=1S/C13H14ClN5O2/c1-7-5-15-12(14)17-11(7)10-4-9-3-8(6-21-2)16-13(20)19(9)18-10/h4-5,8H,3,6H2,1-2H3,(H,16,20). The van der Waals surface area contributed by atoms with Crippen molar-refractivity contribution in [1.29, 1.82) is 0 Å². The maximum atomic E-state index is 12.0. The van der Waals surface area contributed by atoms with Gasteiger partial charge in [-0.1, -0.05) is 0 Å². The number of ether oxygens (including phenoxy) is 1. The monoisotopic (exact) mass is 307 g/mol. The number of halogens is 1. The van der Waals surface area contributed by atoms with Gasteiger partial charge in [0.25, 0.3) is 0 Å². The van der Waals surface area contributed by atoms with Crippen molar-refractivity contribution >= 4 is 17.6 Å². The normalized spacial score (nSPS) is 17.5. The molecule has 0 aromatic carbocycles. The maximum absolute atomic E-state index is 12.0. The second kappa shape index (κ2) is 5.42. The van der Waals surface area contributed by atoms with Crippen LogP contribution in [0.5, 0.6) is 0 Å². The number of carbonyl (C=O) groups is 1. The maximum Gasteiger partial charge on any atom is 0.342 e. The summed E-state index contributed by atoms with van der Waals surface area (Å²) in [6.45, 7) is 2.34. The molecule has 1 amide bonds. The summed E-state index contributed by atoms with van der Waals surface area (Å²) >= 11 is 5.83. The smallest absolute Gasteiger partial charge is 0.342 e. The highest BCUT2D eigenvalue weighted by atomic mass is 35.5. The van der Waals surface area contributed by atoms with Crippen LogP contribution in [0.1, 0.15) is 11.3 Å². The molecule has 1 unspecified atom stereocenters. The molecule has 0 spiro atoms. The van der Waals surface area contributed by atoms with Crippen LogP contribution in [-0.2, 0) is 11.2 Å². The highest BCUT2D eigenvalue weighted by molar-refractivity contribution is 6.28. The number of fused-ring (bicyclic) bond motifs is 1. The Bertz CT molecular complexity index is 700. The van der Waals surface area contributed by atoms with Crippen molar-refractivity contribution < 1.29 is 9.53 Å². The zero-order valence-corrected chi connectivity index (χ0v) is 12.4. The lowest BCUT2D eigenvalue weighted by molar-refractivity contribution is 0.159. The third-order valence-corrected chi connectivity index (χ3v) is 3.49. The molecule has 1 N–H and O–H groups in total. The van der Waals surface area contributed by atoms with E-state index in [4.69, 9.17) is 16.3 Å². The molecule has 2 aromatic rings. The van der Waals surface area contributed by atoms with E-state index in [1.807, 2.05) is 13.0 Å². The number of amides is 1. The molecular weight excluding hydrogens is 294 g/mol. The second-order valence-corrected chi connectivity index (χ2v) is 5.25. The molecule has 0 radical (unpaired) electrons.